The van der Waals surface area contributed by atoms with Gasteiger partial charge in [0, 0.05) is 18.4 Å². The number of hydrogen-bond acceptors (Lipinski definition) is 2. The van der Waals surface area contributed by atoms with Crippen molar-refractivity contribution in [1.82, 2.24) is 15.5 Å². The van der Waals surface area contributed by atoms with Gasteiger partial charge in [0.2, 0.25) is 5.91 Å². The Morgan fingerprint density at radius 3 is 2.80 bits per heavy atom. The number of aromatic nitrogens is 2. The molecule has 0 fully saturated rings. The van der Waals surface area contributed by atoms with Crippen molar-refractivity contribution in [3.8, 4) is 0 Å². The standard InChI is InChI=1S/C11H19N3O/c1-3-9(4-2)8-12-11(15)7-10-5-6-13-14-10/h5-6,9H,3-4,7-8H2,1-2H3,(H,12,15)(H,13,14). The monoisotopic (exact) mass is 209 g/mol. The van der Waals surface area contributed by atoms with Crippen LogP contribution in [0.1, 0.15) is 32.4 Å². The molecule has 0 aliphatic rings. The highest BCUT2D eigenvalue weighted by atomic mass is 16.1. The van der Waals surface area contributed by atoms with Crippen LogP contribution in [0.2, 0.25) is 0 Å². The molecule has 0 radical (unpaired) electrons. The van der Waals surface area contributed by atoms with E-state index in [1.807, 2.05) is 6.07 Å². The van der Waals surface area contributed by atoms with Gasteiger partial charge in [-0.05, 0) is 12.0 Å². The van der Waals surface area contributed by atoms with E-state index in [2.05, 4.69) is 29.4 Å². The Labute approximate surface area is 90.5 Å². The summed E-state index contributed by atoms with van der Waals surface area (Å²) < 4.78 is 0. The van der Waals surface area contributed by atoms with Crippen LogP contribution >= 0.6 is 0 Å². The lowest BCUT2D eigenvalue weighted by atomic mass is 10.0. The zero-order chi connectivity index (χ0) is 11.1. The molecule has 0 aromatic carbocycles. The molecule has 2 N–H and O–H groups in total. The smallest absolute Gasteiger partial charge is 0.226 e. The fourth-order valence-electron chi connectivity index (χ4n) is 1.45. The Morgan fingerprint density at radius 1 is 1.53 bits per heavy atom. The van der Waals surface area contributed by atoms with Gasteiger partial charge in [0.15, 0.2) is 0 Å². The molecule has 0 saturated heterocycles. The molecule has 4 nitrogen and oxygen atoms in total. The molecule has 0 aliphatic carbocycles. The van der Waals surface area contributed by atoms with Crippen LogP contribution in [0.5, 0.6) is 0 Å². The van der Waals surface area contributed by atoms with E-state index in [-0.39, 0.29) is 5.91 Å². The Kier molecular flexibility index (Phi) is 4.87. The molecule has 0 atom stereocenters. The maximum Gasteiger partial charge on any atom is 0.226 e. The van der Waals surface area contributed by atoms with Crippen molar-refractivity contribution < 1.29 is 4.79 Å². The van der Waals surface area contributed by atoms with Gasteiger partial charge in [-0.3, -0.25) is 9.89 Å². The first kappa shape index (κ1) is 11.8. The first-order valence-electron chi connectivity index (χ1n) is 5.51. The maximum absolute atomic E-state index is 11.5. The molecular formula is C11H19N3O. The van der Waals surface area contributed by atoms with Crippen LogP contribution in [-0.4, -0.2) is 22.6 Å². The fraction of sp³-hybridized carbons (Fsp3) is 0.636. The number of carbonyl (C=O) groups excluding carboxylic acids is 1. The van der Waals surface area contributed by atoms with E-state index >= 15 is 0 Å². The summed E-state index contributed by atoms with van der Waals surface area (Å²) >= 11 is 0. The van der Waals surface area contributed by atoms with E-state index in [1.54, 1.807) is 6.20 Å². The van der Waals surface area contributed by atoms with E-state index in [4.69, 9.17) is 0 Å². The van der Waals surface area contributed by atoms with Gasteiger partial charge in [-0.2, -0.15) is 5.10 Å². The lowest BCUT2D eigenvalue weighted by Crippen LogP contribution is -2.30. The summed E-state index contributed by atoms with van der Waals surface area (Å²) in [5.41, 5.74) is 0.858. The number of aromatic amines is 1. The summed E-state index contributed by atoms with van der Waals surface area (Å²) in [6, 6.07) is 1.82. The summed E-state index contributed by atoms with van der Waals surface area (Å²) in [6.45, 7) is 5.07. The average Bonchev–Trinajstić information content (AvgIpc) is 2.72. The predicted molar refractivity (Wildman–Crippen MR) is 59.4 cm³/mol. The van der Waals surface area contributed by atoms with E-state index < -0.39 is 0 Å². The Balaban J connectivity index is 2.24. The molecule has 84 valence electrons. The fourth-order valence-corrected chi connectivity index (χ4v) is 1.45. The molecule has 15 heavy (non-hydrogen) atoms. The van der Waals surface area contributed by atoms with Crippen LogP contribution in [0.3, 0.4) is 0 Å². The second-order valence-electron chi connectivity index (χ2n) is 3.75. The van der Waals surface area contributed by atoms with Crippen molar-refractivity contribution >= 4 is 5.91 Å². The first-order chi connectivity index (χ1) is 7.26. The normalized spacial score (nSPS) is 10.6. The van der Waals surface area contributed by atoms with E-state index in [0.717, 1.165) is 25.1 Å². The highest BCUT2D eigenvalue weighted by molar-refractivity contribution is 5.77. The largest absolute Gasteiger partial charge is 0.355 e. The maximum atomic E-state index is 11.5. The van der Waals surface area contributed by atoms with Crippen LogP contribution in [-0.2, 0) is 11.2 Å². The van der Waals surface area contributed by atoms with Crippen molar-refractivity contribution in [3.63, 3.8) is 0 Å². The summed E-state index contributed by atoms with van der Waals surface area (Å²) in [6.07, 6.45) is 4.27. The van der Waals surface area contributed by atoms with Gasteiger partial charge in [-0.15, -0.1) is 0 Å². The van der Waals surface area contributed by atoms with Gasteiger partial charge in [0.05, 0.1) is 6.42 Å². The van der Waals surface area contributed by atoms with Crippen molar-refractivity contribution in [1.29, 1.82) is 0 Å². The minimum Gasteiger partial charge on any atom is -0.355 e. The van der Waals surface area contributed by atoms with Gasteiger partial charge >= 0.3 is 0 Å². The van der Waals surface area contributed by atoms with Crippen molar-refractivity contribution in [3.05, 3.63) is 18.0 Å². The number of rotatable bonds is 6. The molecule has 1 aromatic rings. The van der Waals surface area contributed by atoms with Crippen LogP contribution in [0.4, 0.5) is 0 Å². The topological polar surface area (TPSA) is 57.8 Å². The number of nitrogens with zero attached hydrogens (tertiary/aromatic N) is 1. The van der Waals surface area contributed by atoms with Crippen molar-refractivity contribution in [2.45, 2.75) is 33.1 Å². The SMILES string of the molecule is CCC(CC)CNC(=O)Cc1ccn[nH]1. The lowest BCUT2D eigenvalue weighted by Gasteiger charge is -2.12. The number of H-pyrrole nitrogens is 1. The van der Waals surface area contributed by atoms with E-state index in [1.165, 1.54) is 0 Å². The molecule has 1 rings (SSSR count). The van der Waals surface area contributed by atoms with E-state index in [0.29, 0.717) is 12.3 Å². The highest BCUT2D eigenvalue weighted by Crippen LogP contribution is 2.05. The second-order valence-corrected chi connectivity index (χ2v) is 3.75. The summed E-state index contributed by atoms with van der Waals surface area (Å²) in [5, 5.41) is 9.51. The van der Waals surface area contributed by atoms with Gasteiger partial charge in [0.1, 0.15) is 0 Å². The Bertz CT molecular complexity index is 278. The minimum atomic E-state index is 0.0613. The number of amides is 1. The second kappa shape index (κ2) is 6.22. The summed E-state index contributed by atoms with van der Waals surface area (Å²) in [5.74, 6) is 0.655. The summed E-state index contributed by atoms with van der Waals surface area (Å²) in [4.78, 5) is 11.5. The third kappa shape index (κ3) is 4.14. The molecule has 1 amide bonds. The molecular weight excluding hydrogens is 190 g/mol. The van der Waals surface area contributed by atoms with Gasteiger partial charge in [-0.25, -0.2) is 0 Å². The molecule has 0 saturated carbocycles. The molecule has 0 unspecified atom stereocenters. The molecule has 1 aromatic heterocycles. The lowest BCUT2D eigenvalue weighted by molar-refractivity contribution is -0.120. The molecule has 0 spiro atoms. The minimum absolute atomic E-state index is 0.0613. The molecule has 0 bridgehead atoms. The van der Waals surface area contributed by atoms with Crippen molar-refractivity contribution in [2.75, 3.05) is 6.54 Å². The zero-order valence-corrected chi connectivity index (χ0v) is 9.42. The van der Waals surface area contributed by atoms with Gasteiger partial charge < -0.3 is 5.32 Å². The summed E-state index contributed by atoms with van der Waals surface area (Å²) in [7, 11) is 0. The number of nitrogens with one attached hydrogen (secondary N) is 2. The van der Waals surface area contributed by atoms with Crippen molar-refractivity contribution in [2.24, 2.45) is 5.92 Å². The zero-order valence-electron chi connectivity index (χ0n) is 9.42. The predicted octanol–water partition coefficient (Wildman–Crippen LogP) is 1.50. The third-order valence-electron chi connectivity index (χ3n) is 2.65. The third-order valence-corrected chi connectivity index (χ3v) is 2.65. The van der Waals surface area contributed by atoms with E-state index in [9.17, 15) is 4.79 Å². The van der Waals surface area contributed by atoms with Crippen LogP contribution in [0.15, 0.2) is 12.3 Å². The highest BCUT2D eigenvalue weighted by Gasteiger charge is 2.07. The quantitative estimate of drug-likeness (QED) is 0.746. The Hall–Kier alpha value is -1.32. The molecule has 1 heterocycles. The van der Waals surface area contributed by atoms with Crippen LogP contribution in [0, 0.1) is 5.92 Å². The first-order valence-corrected chi connectivity index (χ1v) is 5.51. The Morgan fingerprint density at radius 2 is 2.27 bits per heavy atom. The number of carbonyl (C=O) groups is 1. The van der Waals surface area contributed by atoms with Crippen LogP contribution in [0.25, 0.3) is 0 Å². The molecule has 4 heteroatoms. The average molecular weight is 209 g/mol. The van der Waals surface area contributed by atoms with Gasteiger partial charge in [0.25, 0.3) is 0 Å². The number of hydrogen-bond donors (Lipinski definition) is 2. The van der Waals surface area contributed by atoms with Gasteiger partial charge in [-0.1, -0.05) is 26.7 Å². The molecule has 0 aliphatic heterocycles. The van der Waals surface area contributed by atoms with Crippen LogP contribution < -0.4 is 5.32 Å².